The highest BCUT2D eigenvalue weighted by Gasteiger charge is 2.22. The van der Waals surface area contributed by atoms with Crippen molar-refractivity contribution >= 4 is 27.5 Å². The third-order valence-corrected chi connectivity index (χ3v) is 3.03. The van der Waals surface area contributed by atoms with Crippen molar-refractivity contribution < 1.29 is 13.3 Å². The largest absolute Gasteiger partial charge is 0.363 e. The second kappa shape index (κ2) is 6.43. The van der Waals surface area contributed by atoms with Gasteiger partial charge >= 0.3 is 5.69 Å². The summed E-state index contributed by atoms with van der Waals surface area (Å²) in [4.78, 5) is 18.3. The standard InChI is InChI=1S/C9H16N6O4S/c1-3-11-9-13-6(2)7(15(16)17)8(14-9)12-4-5-20(10,18)19/h3-5H2,1-2H3,(H2,10,18,19)(H2,11,12,13,14). The van der Waals surface area contributed by atoms with Gasteiger partial charge in [0, 0.05) is 13.1 Å². The van der Waals surface area contributed by atoms with Gasteiger partial charge < -0.3 is 10.6 Å². The Labute approximate surface area is 116 Å². The lowest BCUT2D eigenvalue weighted by molar-refractivity contribution is -0.385. The molecule has 10 nitrogen and oxygen atoms in total. The fourth-order valence-electron chi connectivity index (χ4n) is 1.46. The van der Waals surface area contributed by atoms with E-state index in [-0.39, 0.29) is 35.4 Å². The number of hydrogen-bond acceptors (Lipinski definition) is 8. The van der Waals surface area contributed by atoms with Crippen LogP contribution in [-0.4, -0.2) is 42.2 Å². The van der Waals surface area contributed by atoms with Gasteiger partial charge in [0.1, 0.15) is 5.69 Å². The number of primary sulfonamides is 1. The van der Waals surface area contributed by atoms with Crippen molar-refractivity contribution in [3.05, 3.63) is 15.8 Å². The smallest absolute Gasteiger partial charge is 0.332 e. The Hall–Kier alpha value is -2.01. The number of nitrogens with two attached hydrogens (primary N) is 1. The van der Waals surface area contributed by atoms with Crippen LogP contribution in [0.5, 0.6) is 0 Å². The minimum absolute atomic E-state index is 0.0397. The Morgan fingerprint density at radius 3 is 2.50 bits per heavy atom. The summed E-state index contributed by atoms with van der Waals surface area (Å²) in [5.74, 6) is -0.167. The average molecular weight is 304 g/mol. The van der Waals surface area contributed by atoms with Crippen LogP contribution >= 0.6 is 0 Å². The molecule has 0 aromatic carbocycles. The van der Waals surface area contributed by atoms with E-state index in [4.69, 9.17) is 5.14 Å². The molecule has 4 N–H and O–H groups in total. The molecule has 0 saturated heterocycles. The van der Waals surface area contributed by atoms with Crippen LogP contribution in [0.1, 0.15) is 12.6 Å². The lowest BCUT2D eigenvalue weighted by Crippen LogP contribution is -2.23. The first kappa shape index (κ1) is 16.0. The molecule has 0 atom stereocenters. The van der Waals surface area contributed by atoms with Gasteiger partial charge in [0.25, 0.3) is 0 Å². The van der Waals surface area contributed by atoms with E-state index in [1.807, 2.05) is 6.92 Å². The highest BCUT2D eigenvalue weighted by Crippen LogP contribution is 2.26. The molecule has 0 fully saturated rings. The van der Waals surface area contributed by atoms with Gasteiger partial charge in [-0.3, -0.25) is 10.1 Å². The quantitative estimate of drug-likeness (QED) is 0.463. The molecule has 0 spiro atoms. The number of nitro groups is 1. The summed E-state index contributed by atoms with van der Waals surface area (Å²) >= 11 is 0. The summed E-state index contributed by atoms with van der Waals surface area (Å²) < 4.78 is 21.7. The summed E-state index contributed by atoms with van der Waals surface area (Å²) in [5, 5.41) is 21.3. The van der Waals surface area contributed by atoms with Gasteiger partial charge in [0.05, 0.1) is 10.7 Å². The van der Waals surface area contributed by atoms with Crippen molar-refractivity contribution in [1.29, 1.82) is 0 Å². The van der Waals surface area contributed by atoms with Gasteiger partial charge in [-0.25, -0.2) is 18.5 Å². The van der Waals surface area contributed by atoms with Crippen molar-refractivity contribution in [3.63, 3.8) is 0 Å². The predicted molar refractivity (Wildman–Crippen MR) is 74.1 cm³/mol. The van der Waals surface area contributed by atoms with Crippen molar-refractivity contribution in [3.8, 4) is 0 Å². The minimum Gasteiger partial charge on any atom is -0.363 e. The maximum absolute atomic E-state index is 11.0. The molecule has 0 aliphatic carbocycles. The van der Waals surface area contributed by atoms with Crippen molar-refractivity contribution in [2.45, 2.75) is 13.8 Å². The van der Waals surface area contributed by atoms with Crippen molar-refractivity contribution in [1.82, 2.24) is 9.97 Å². The second-order valence-electron chi connectivity index (χ2n) is 3.91. The topological polar surface area (TPSA) is 153 Å². The number of hydrogen-bond donors (Lipinski definition) is 3. The Morgan fingerprint density at radius 2 is 2.00 bits per heavy atom. The van der Waals surface area contributed by atoms with E-state index in [1.165, 1.54) is 6.92 Å². The number of anilines is 2. The van der Waals surface area contributed by atoms with Gasteiger partial charge in [-0.1, -0.05) is 0 Å². The third-order valence-electron chi connectivity index (χ3n) is 2.25. The lowest BCUT2D eigenvalue weighted by atomic mass is 10.3. The van der Waals surface area contributed by atoms with E-state index >= 15 is 0 Å². The highest BCUT2D eigenvalue weighted by molar-refractivity contribution is 7.89. The van der Waals surface area contributed by atoms with Crippen LogP contribution in [0.3, 0.4) is 0 Å². The first-order valence-corrected chi connectivity index (χ1v) is 7.47. The summed E-state index contributed by atoms with van der Waals surface area (Å²) in [6.45, 7) is 3.77. The van der Waals surface area contributed by atoms with E-state index in [9.17, 15) is 18.5 Å². The molecule has 0 unspecified atom stereocenters. The van der Waals surface area contributed by atoms with E-state index in [0.717, 1.165) is 0 Å². The Bertz CT molecular complexity index is 603. The van der Waals surface area contributed by atoms with E-state index in [2.05, 4.69) is 20.6 Å². The molecule has 1 heterocycles. The maximum Gasteiger partial charge on any atom is 0.332 e. The molecule has 20 heavy (non-hydrogen) atoms. The molecule has 1 aromatic rings. The van der Waals surface area contributed by atoms with Crippen LogP contribution in [0.2, 0.25) is 0 Å². The molecule has 0 aliphatic rings. The van der Waals surface area contributed by atoms with Gasteiger partial charge in [-0.2, -0.15) is 4.98 Å². The van der Waals surface area contributed by atoms with Crippen LogP contribution in [0.4, 0.5) is 17.5 Å². The number of nitrogens with one attached hydrogen (secondary N) is 2. The predicted octanol–water partition coefficient (Wildman–Crippen LogP) is -0.175. The summed E-state index contributed by atoms with van der Waals surface area (Å²) in [6, 6.07) is 0. The van der Waals surface area contributed by atoms with Crippen LogP contribution in [0, 0.1) is 17.0 Å². The van der Waals surface area contributed by atoms with E-state index < -0.39 is 14.9 Å². The molecule has 112 valence electrons. The monoisotopic (exact) mass is 304 g/mol. The number of aryl methyl sites for hydroxylation is 1. The number of nitrogens with zero attached hydrogens (tertiary/aromatic N) is 3. The molecule has 0 bridgehead atoms. The first-order valence-electron chi connectivity index (χ1n) is 5.76. The molecular formula is C9H16N6O4S. The Balaban J connectivity index is 3.03. The molecular weight excluding hydrogens is 288 g/mol. The highest BCUT2D eigenvalue weighted by atomic mass is 32.2. The Kier molecular flexibility index (Phi) is 5.16. The molecule has 0 aliphatic heterocycles. The van der Waals surface area contributed by atoms with Crippen molar-refractivity contribution in [2.75, 3.05) is 29.5 Å². The summed E-state index contributed by atoms with van der Waals surface area (Å²) in [6.07, 6.45) is 0. The van der Waals surface area contributed by atoms with Crippen LogP contribution in [-0.2, 0) is 10.0 Å². The van der Waals surface area contributed by atoms with E-state index in [0.29, 0.717) is 6.54 Å². The zero-order valence-corrected chi connectivity index (χ0v) is 11.9. The number of rotatable bonds is 7. The fourth-order valence-corrected chi connectivity index (χ4v) is 1.84. The van der Waals surface area contributed by atoms with Crippen LogP contribution in [0.25, 0.3) is 0 Å². The first-order chi connectivity index (χ1) is 9.24. The molecule has 0 saturated carbocycles. The summed E-state index contributed by atoms with van der Waals surface area (Å²) in [7, 11) is -3.65. The normalized spacial score (nSPS) is 11.2. The zero-order valence-electron chi connectivity index (χ0n) is 11.1. The van der Waals surface area contributed by atoms with Gasteiger partial charge in [0.2, 0.25) is 21.8 Å². The minimum atomic E-state index is -3.65. The average Bonchev–Trinajstić information content (AvgIpc) is 2.26. The van der Waals surface area contributed by atoms with Gasteiger partial charge in [0.15, 0.2) is 0 Å². The molecule has 11 heteroatoms. The zero-order chi connectivity index (χ0) is 15.3. The maximum atomic E-state index is 11.0. The number of sulfonamides is 1. The number of aromatic nitrogens is 2. The van der Waals surface area contributed by atoms with E-state index in [1.54, 1.807) is 0 Å². The lowest BCUT2D eigenvalue weighted by Gasteiger charge is -2.09. The van der Waals surface area contributed by atoms with Crippen LogP contribution < -0.4 is 15.8 Å². The van der Waals surface area contributed by atoms with Gasteiger partial charge in [-0.15, -0.1) is 0 Å². The van der Waals surface area contributed by atoms with Crippen LogP contribution in [0.15, 0.2) is 0 Å². The van der Waals surface area contributed by atoms with Crippen molar-refractivity contribution in [2.24, 2.45) is 5.14 Å². The SMILES string of the molecule is CCNc1nc(C)c([N+](=O)[O-])c(NCCS(N)(=O)=O)n1. The molecule has 0 amide bonds. The molecule has 0 radical (unpaired) electrons. The molecule has 1 rings (SSSR count). The summed E-state index contributed by atoms with van der Waals surface area (Å²) in [5.41, 5.74) is -0.111. The molecule has 1 aromatic heterocycles. The third kappa shape index (κ3) is 4.59. The second-order valence-corrected chi connectivity index (χ2v) is 5.65. The Morgan fingerprint density at radius 1 is 1.35 bits per heavy atom. The fraction of sp³-hybridized carbons (Fsp3) is 0.556. The van der Waals surface area contributed by atoms with Gasteiger partial charge in [-0.05, 0) is 13.8 Å².